The van der Waals surface area contributed by atoms with Gasteiger partial charge in [-0.3, -0.25) is 4.79 Å². The second-order valence-electron chi connectivity index (χ2n) is 3.51. The summed E-state index contributed by atoms with van der Waals surface area (Å²) in [5.74, 6) is 0.0829. The molecule has 0 radical (unpaired) electrons. The van der Waals surface area contributed by atoms with Crippen molar-refractivity contribution in [3.8, 4) is 6.07 Å². The maximum atomic E-state index is 11.2. The molecular weight excluding hydrogens is 168 g/mol. The van der Waals surface area contributed by atoms with Gasteiger partial charge in [0, 0.05) is 13.1 Å². The molecule has 0 saturated carbocycles. The number of nitrogens with zero attached hydrogens (tertiary/aromatic N) is 2. The molecule has 4 heteroatoms. The summed E-state index contributed by atoms with van der Waals surface area (Å²) in [6, 6.07) is 1.82. The quantitative estimate of drug-likeness (QED) is 0.627. The van der Waals surface area contributed by atoms with E-state index in [1.54, 1.807) is 4.90 Å². The average molecular weight is 182 g/mol. The molecule has 1 N–H and O–H groups in total. The summed E-state index contributed by atoms with van der Waals surface area (Å²) in [7, 11) is 0. The molecule has 72 valence electrons. The fourth-order valence-electron chi connectivity index (χ4n) is 1.45. The summed E-state index contributed by atoms with van der Waals surface area (Å²) in [4.78, 5) is 12.8. The van der Waals surface area contributed by atoms with Crippen molar-refractivity contribution in [2.24, 2.45) is 5.92 Å². The maximum Gasteiger partial charge on any atom is 0.236 e. The molecule has 0 aromatic carbocycles. The van der Waals surface area contributed by atoms with E-state index in [1.807, 2.05) is 13.0 Å². The minimum absolute atomic E-state index is 0.0822. The highest BCUT2D eigenvalue weighted by Crippen LogP contribution is 2.17. The molecule has 1 fully saturated rings. The van der Waals surface area contributed by atoms with Gasteiger partial charge in [0.15, 0.2) is 0 Å². The SMILES string of the molecule is CC1CCN(C(=O)CC#N)CC1O. The van der Waals surface area contributed by atoms with E-state index in [1.165, 1.54) is 0 Å². The van der Waals surface area contributed by atoms with Crippen LogP contribution in [0.25, 0.3) is 0 Å². The third-order valence-corrected chi connectivity index (χ3v) is 2.50. The predicted octanol–water partition coefficient (Wildman–Crippen LogP) is 0.129. The summed E-state index contributed by atoms with van der Waals surface area (Å²) in [6.07, 6.45) is 0.302. The fourth-order valence-corrected chi connectivity index (χ4v) is 1.45. The van der Waals surface area contributed by atoms with Gasteiger partial charge in [0.1, 0.15) is 6.42 Å². The smallest absolute Gasteiger partial charge is 0.236 e. The Morgan fingerprint density at radius 3 is 3.00 bits per heavy atom. The Bertz CT molecular complexity index is 234. The zero-order valence-electron chi connectivity index (χ0n) is 7.73. The Labute approximate surface area is 77.8 Å². The van der Waals surface area contributed by atoms with E-state index in [0.29, 0.717) is 13.1 Å². The number of carbonyl (C=O) groups is 1. The van der Waals surface area contributed by atoms with E-state index in [0.717, 1.165) is 6.42 Å². The minimum atomic E-state index is -0.434. The lowest BCUT2D eigenvalue weighted by atomic mass is 9.96. The molecule has 0 spiro atoms. The molecule has 1 aliphatic heterocycles. The first-order chi connectivity index (χ1) is 6.15. The van der Waals surface area contributed by atoms with E-state index in [9.17, 15) is 9.90 Å². The van der Waals surface area contributed by atoms with E-state index in [-0.39, 0.29) is 18.2 Å². The number of β-amino-alcohol motifs (C(OH)–C–C–N with tert-alkyl or cyclic N) is 1. The molecule has 0 aromatic heterocycles. The average Bonchev–Trinajstić information content (AvgIpc) is 2.10. The molecule has 0 aromatic rings. The lowest BCUT2D eigenvalue weighted by Gasteiger charge is -2.33. The summed E-state index contributed by atoms with van der Waals surface area (Å²) in [5.41, 5.74) is 0. The third kappa shape index (κ3) is 2.43. The van der Waals surface area contributed by atoms with Crippen molar-refractivity contribution in [3.63, 3.8) is 0 Å². The van der Waals surface area contributed by atoms with Crippen LogP contribution >= 0.6 is 0 Å². The largest absolute Gasteiger partial charge is 0.391 e. The van der Waals surface area contributed by atoms with Crippen LogP contribution in [0.4, 0.5) is 0 Å². The van der Waals surface area contributed by atoms with Crippen LogP contribution in [-0.2, 0) is 4.79 Å². The van der Waals surface area contributed by atoms with E-state index in [4.69, 9.17) is 5.26 Å². The van der Waals surface area contributed by atoms with Crippen LogP contribution in [0.3, 0.4) is 0 Å². The first-order valence-electron chi connectivity index (χ1n) is 4.48. The fraction of sp³-hybridized carbons (Fsp3) is 0.778. The third-order valence-electron chi connectivity index (χ3n) is 2.50. The van der Waals surface area contributed by atoms with Gasteiger partial charge in [0.2, 0.25) is 5.91 Å². The highest BCUT2D eigenvalue weighted by atomic mass is 16.3. The van der Waals surface area contributed by atoms with Gasteiger partial charge in [-0.05, 0) is 12.3 Å². The second kappa shape index (κ2) is 4.24. The summed E-state index contributed by atoms with van der Waals surface area (Å²) in [5, 5.41) is 17.8. The number of carbonyl (C=O) groups excluding carboxylic acids is 1. The number of likely N-dealkylation sites (tertiary alicyclic amines) is 1. The van der Waals surface area contributed by atoms with Crippen molar-refractivity contribution in [2.45, 2.75) is 25.9 Å². The highest BCUT2D eigenvalue weighted by molar-refractivity contribution is 5.78. The molecule has 1 heterocycles. The monoisotopic (exact) mass is 182 g/mol. The van der Waals surface area contributed by atoms with Crippen molar-refractivity contribution in [3.05, 3.63) is 0 Å². The topological polar surface area (TPSA) is 64.3 Å². The lowest BCUT2D eigenvalue weighted by molar-refractivity contribution is -0.134. The highest BCUT2D eigenvalue weighted by Gasteiger charge is 2.26. The normalized spacial score (nSPS) is 28.2. The molecule has 0 aliphatic carbocycles. The summed E-state index contributed by atoms with van der Waals surface area (Å²) in [6.45, 7) is 3.01. The number of aliphatic hydroxyl groups excluding tert-OH is 1. The number of amides is 1. The van der Waals surface area contributed by atoms with Crippen LogP contribution < -0.4 is 0 Å². The number of nitriles is 1. The molecule has 2 atom stereocenters. The first-order valence-corrected chi connectivity index (χ1v) is 4.48. The molecule has 2 unspecified atom stereocenters. The van der Waals surface area contributed by atoms with Gasteiger partial charge in [-0.1, -0.05) is 6.92 Å². The Morgan fingerprint density at radius 1 is 1.77 bits per heavy atom. The van der Waals surface area contributed by atoms with Crippen molar-refractivity contribution < 1.29 is 9.90 Å². The van der Waals surface area contributed by atoms with Crippen molar-refractivity contribution >= 4 is 5.91 Å². The predicted molar refractivity (Wildman–Crippen MR) is 46.6 cm³/mol. The molecule has 1 rings (SSSR count). The van der Waals surface area contributed by atoms with Gasteiger partial charge in [0.25, 0.3) is 0 Å². The van der Waals surface area contributed by atoms with E-state index < -0.39 is 6.10 Å². The first kappa shape index (κ1) is 10.0. The minimum Gasteiger partial charge on any atom is -0.391 e. The molecule has 0 bridgehead atoms. The van der Waals surface area contributed by atoms with Crippen LogP contribution in [0, 0.1) is 17.2 Å². The van der Waals surface area contributed by atoms with Crippen molar-refractivity contribution in [1.82, 2.24) is 4.90 Å². The molecule has 1 aliphatic rings. The Hall–Kier alpha value is -1.08. The van der Waals surface area contributed by atoms with Crippen LogP contribution in [0.5, 0.6) is 0 Å². The van der Waals surface area contributed by atoms with Gasteiger partial charge in [-0.15, -0.1) is 0 Å². The standard InChI is InChI=1S/C9H14N2O2/c1-7-3-5-11(6-8(7)12)9(13)2-4-10/h7-8,12H,2-3,5-6H2,1H3. The molecule has 13 heavy (non-hydrogen) atoms. The second-order valence-corrected chi connectivity index (χ2v) is 3.51. The van der Waals surface area contributed by atoms with E-state index >= 15 is 0 Å². The summed E-state index contributed by atoms with van der Waals surface area (Å²) < 4.78 is 0. The zero-order chi connectivity index (χ0) is 9.84. The van der Waals surface area contributed by atoms with Crippen LogP contribution in [0.1, 0.15) is 19.8 Å². The number of piperidine rings is 1. The number of rotatable bonds is 1. The Morgan fingerprint density at radius 2 is 2.46 bits per heavy atom. The zero-order valence-corrected chi connectivity index (χ0v) is 7.73. The maximum absolute atomic E-state index is 11.2. The van der Waals surface area contributed by atoms with Gasteiger partial charge >= 0.3 is 0 Å². The Kier molecular flexibility index (Phi) is 3.26. The van der Waals surface area contributed by atoms with Crippen LogP contribution in [-0.4, -0.2) is 35.1 Å². The molecule has 1 amide bonds. The molecular formula is C9H14N2O2. The van der Waals surface area contributed by atoms with Crippen molar-refractivity contribution in [2.75, 3.05) is 13.1 Å². The van der Waals surface area contributed by atoms with Crippen LogP contribution in [0.15, 0.2) is 0 Å². The number of hydrogen-bond donors (Lipinski definition) is 1. The van der Waals surface area contributed by atoms with E-state index in [2.05, 4.69) is 0 Å². The van der Waals surface area contributed by atoms with Gasteiger partial charge in [-0.2, -0.15) is 5.26 Å². The van der Waals surface area contributed by atoms with Gasteiger partial charge in [0.05, 0.1) is 12.2 Å². The number of aliphatic hydroxyl groups is 1. The van der Waals surface area contributed by atoms with Crippen molar-refractivity contribution in [1.29, 1.82) is 5.26 Å². The van der Waals surface area contributed by atoms with Crippen LogP contribution in [0.2, 0.25) is 0 Å². The summed E-state index contributed by atoms with van der Waals surface area (Å²) >= 11 is 0. The molecule has 4 nitrogen and oxygen atoms in total. The Balaban J connectivity index is 2.46. The number of hydrogen-bond acceptors (Lipinski definition) is 3. The molecule has 1 saturated heterocycles. The van der Waals surface area contributed by atoms with Gasteiger partial charge in [-0.25, -0.2) is 0 Å². The lowest BCUT2D eigenvalue weighted by Crippen LogP contribution is -2.45. The van der Waals surface area contributed by atoms with Gasteiger partial charge < -0.3 is 10.0 Å².